The average molecular weight is 629 g/mol. The van der Waals surface area contributed by atoms with Crippen molar-refractivity contribution in [3.05, 3.63) is 136 Å². The number of hydrogen-bond donors (Lipinski definition) is 4. The van der Waals surface area contributed by atoms with E-state index in [0.717, 1.165) is 22.3 Å². The SMILES string of the molecule is C#C/C=C\C(=C/CC1C=C(C)CC(c2ccc(O)cc2)C1C(=O)c1ccc(O)c(CC=C(C)C)c1O)C(=O)/C=C/c1ccc(O)cc1. The minimum atomic E-state index is -0.633. The summed E-state index contributed by atoms with van der Waals surface area (Å²) in [6, 6.07) is 16.2. The zero-order chi connectivity index (χ0) is 34.1. The highest BCUT2D eigenvalue weighted by Crippen LogP contribution is 2.46. The number of hydrogen-bond acceptors (Lipinski definition) is 6. The van der Waals surface area contributed by atoms with Gasteiger partial charge in [-0.15, -0.1) is 6.42 Å². The summed E-state index contributed by atoms with van der Waals surface area (Å²) in [6.07, 6.45) is 18.5. The van der Waals surface area contributed by atoms with Gasteiger partial charge in [0.1, 0.15) is 23.0 Å². The van der Waals surface area contributed by atoms with E-state index in [2.05, 4.69) is 12.0 Å². The van der Waals surface area contributed by atoms with Crippen molar-refractivity contribution in [3.63, 3.8) is 0 Å². The third-order valence-corrected chi connectivity index (χ3v) is 8.37. The molecule has 0 spiro atoms. The molecule has 0 radical (unpaired) electrons. The molecule has 47 heavy (non-hydrogen) atoms. The van der Waals surface area contributed by atoms with Gasteiger partial charge in [-0.25, -0.2) is 0 Å². The van der Waals surface area contributed by atoms with E-state index in [1.54, 1.807) is 54.6 Å². The number of carbonyl (C=O) groups is 2. The van der Waals surface area contributed by atoms with Gasteiger partial charge in [0.05, 0.1) is 5.56 Å². The monoisotopic (exact) mass is 628 g/mol. The Kier molecular flexibility index (Phi) is 11.4. The largest absolute Gasteiger partial charge is 0.508 e. The highest BCUT2D eigenvalue weighted by molar-refractivity contribution is 6.08. The predicted molar refractivity (Wildman–Crippen MR) is 186 cm³/mol. The van der Waals surface area contributed by atoms with Crippen LogP contribution < -0.4 is 0 Å². The summed E-state index contributed by atoms with van der Waals surface area (Å²) < 4.78 is 0. The lowest BCUT2D eigenvalue weighted by Crippen LogP contribution is -2.32. The smallest absolute Gasteiger partial charge is 0.185 e. The number of terminal acetylenes is 1. The Bertz CT molecular complexity index is 1810. The molecule has 1 aliphatic rings. The standard InChI is InChI=1S/C41H40O6/c1-5-6-7-30(37(44)22-11-28-9-16-32(42)17-10-28)12-13-31-24-27(4)25-36(29-14-18-33(43)19-15-29)39(31)41(47)35-21-23-38(45)34(40(35)46)20-8-26(2)3/h1,6-12,14-19,21-24,31,36,39,42-43,45-46H,13,20,25H2,2-4H3/b7-6-,22-11+,30-12+. The predicted octanol–water partition coefficient (Wildman–Crippen LogP) is 8.36. The fourth-order valence-corrected chi connectivity index (χ4v) is 5.96. The summed E-state index contributed by atoms with van der Waals surface area (Å²) in [6.45, 7) is 5.84. The van der Waals surface area contributed by atoms with Crippen LogP contribution in [0.15, 0.2) is 114 Å². The van der Waals surface area contributed by atoms with Crippen LogP contribution in [-0.4, -0.2) is 32.0 Å². The van der Waals surface area contributed by atoms with Crippen LogP contribution in [0.5, 0.6) is 23.0 Å². The number of rotatable bonds is 11. The first-order valence-electron chi connectivity index (χ1n) is 15.5. The van der Waals surface area contributed by atoms with Gasteiger partial charge in [-0.3, -0.25) is 9.59 Å². The fourth-order valence-electron chi connectivity index (χ4n) is 5.96. The summed E-state index contributed by atoms with van der Waals surface area (Å²) in [7, 11) is 0. The van der Waals surface area contributed by atoms with E-state index < -0.39 is 5.92 Å². The highest BCUT2D eigenvalue weighted by atomic mass is 16.3. The van der Waals surface area contributed by atoms with Crippen LogP contribution in [0.2, 0.25) is 0 Å². The number of phenolic OH excluding ortho intramolecular Hbond substituents is 4. The molecule has 0 aliphatic heterocycles. The molecule has 3 unspecified atom stereocenters. The van der Waals surface area contributed by atoms with Gasteiger partial charge in [-0.05, 0) is 118 Å². The van der Waals surface area contributed by atoms with Crippen LogP contribution >= 0.6 is 0 Å². The van der Waals surface area contributed by atoms with Crippen molar-refractivity contribution in [2.45, 2.75) is 46.0 Å². The van der Waals surface area contributed by atoms with Crippen LogP contribution in [0, 0.1) is 24.2 Å². The average Bonchev–Trinajstić information content (AvgIpc) is 3.04. The Morgan fingerprint density at radius 1 is 0.894 bits per heavy atom. The van der Waals surface area contributed by atoms with E-state index in [-0.39, 0.29) is 63.9 Å². The molecule has 6 heteroatoms. The highest BCUT2D eigenvalue weighted by Gasteiger charge is 2.39. The number of aromatic hydroxyl groups is 4. The van der Waals surface area contributed by atoms with Crippen LogP contribution in [0.1, 0.15) is 66.6 Å². The fraction of sp³-hybridized carbons (Fsp3) is 0.220. The van der Waals surface area contributed by atoms with Crippen molar-refractivity contribution in [1.82, 2.24) is 0 Å². The zero-order valence-electron chi connectivity index (χ0n) is 26.9. The molecule has 0 aromatic heterocycles. The minimum Gasteiger partial charge on any atom is -0.508 e. The molecule has 3 aromatic carbocycles. The maximum atomic E-state index is 14.5. The molecule has 1 aliphatic carbocycles. The molecule has 6 nitrogen and oxygen atoms in total. The number of Topliss-reactive ketones (excluding diaryl/α,β-unsaturated/α-hetero) is 1. The van der Waals surface area contributed by atoms with Gasteiger partial charge >= 0.3 is 0 Å². The van der Waals surface area contributed by atoms with Gasteiger partial charge in [-0.1, -0.05) is 65.6 Å². The first-order chi connectivity index (χ1) is 22.5. The minimum absolute atomic E-state index is 0.0886. The van der Waals surface area contributed by atoms with Crippen molar-refractivity contribution in [2.24, 2.45) is 11.8 Å². The third-order valence-electron chi connectivity index (χ3n) is 8.37. The summed E-state index contributed by atoms with van der Waals surface area (Å²) in [5.74, 6) is 0.510. The van der Waals surface area contributed by atoms with E-state index >= 15 is 0 Å². The lowest BCUT2D eigenvalue weighted by atomic mass is 9.66. The summed E-state index contributed by atoms with van der Waals surface area (Å²) in [4.78, 5) is 27.8. The van der Waals surface area contributed by atoms with Crippen LogP contribution in [0.25, 0.3) is 6.08 Å². The normalized spacial score (nSPS) is 18.1. The lowest BCUT2D eigenvalue weighted by molar-refractivity contribution is -0.111. The summed E-state index contributed by atoms with van der Waals surface area (Å²) in [5, 5.41) is 41.4. The molecule has 0 fully saturated rings. The molecule has 3 atom stereocenters. The van der Waals surface area contributed by atoms with Crippen LogP contribution in [0.3, 0.4) is 0 Å². The molecule has 0 amide bonds. The quantitative estimate of drug-likeness (QED) is 0.0558. The van der Waals surface area contributed by atoms with E-state index in [9.17, 15) is 30.0 Å². The third kappa shape index (κ3) is 8.80. The van der Waals surface area contributed by atoms with Gasteiger partial charge in [0, 0.05) is 17.1 Å². The molecule has 3 aromatic rings. The second kappa shape index (κ2) is 15.6. The Balaban J connectivity index is 1.76. The molecule has 4 rings (SSSR count). The molecule has 0 heterocycles. The Morgan fingerprint density at radius 3 is 2.19 bits per heavy atom. The summed E-state index contributed by atoms with van der Waals surface area (Å²) >= 11 is 0. The maximum absolute atomic E-state index is 14.5. The maximum Gasteiger partial charge on any atom is 0.185 e. The second-order valence-electron chi connectivity index (χ2n) is 12.1. The van der Waals surface area contributed by atoms with E-state index in [0.29, 0.717) is 18.4 Å². The van der Waals surface area contributed by atoms with E-state index in [4.69, 9.17) is 6.42 Å². The van der Waals surface area contributed by atoms with Gasteiger partial charge in [-0.2, -0.15) is 0 Å². The number of phenols is 4. The van der Waals surface area contributed by atoms with Gasteiger partial charge in [0.15, 0.2) is 11.6 Å². The van der Waals surface area contributed by atoms with E-state index in [1.165, 1.54) is 36.4 Å². The Labute approximate surface area is 276 Å². The Morgan fingerprint density at radius 2 is 1.55 bits per heavy atom. The Hall–Kier alpha value is -5.54. The molecule has 4 N–H and O–H groups in total. The van der Waals surface area contributed by atoms with Crippen LogP contribution in [0.4, 0.5) is 0 Å². The number of carbonyl (C=O) groups excluding carboxylic acids is 2. The van der Waals surface area contributed by atoms with Crippen molar-refractivity contribution in [1.29, 1.82) is 0 Å². The molecule has 240 valence electrons. The van der Waals surface area contributed by atoms with Crippen LogP contribution in [-0.2, 0) is 11.2 Å². The lowest BCUT2D eigenvalue weighted by Gasteiger charge is -2.36. The van der Waals surface area contributed by atoms with Gasteiger partial charge in [0.25, 0.3) is 0 Å². The van der Waals surface area contributed by atoms with Crippen molar-refractivity contribution in [3.8, 4) is 35.3 Å². The summed E-state index contributed by atoms with van der Waals surface area (Å²) in [5.41, 5.74) is 4.45. The first-order valence-corrected chi connectivity index (χ1v) is 15.5. The van der Waals surface area contributed by atoms with Crippen molar-refractivity contribution in [2.75, 3.05) is 0 Å². The molecule has 0 saturated heterocycles. The van der Waals surface area contributed by atoms with E-state index in [1.807, 2.05) is 26.8 Å². The topological polar surface area (TPSA) is 115 Å². The van der Waals surface area contributed by atoms with Gasteiger partial charge in [0.2, 0.25) is 0 Å². The number of ketones is 2. The number of benzene rings is 3. The second-order valence-corrected chi connectivity index (χ2v) is 12.1. The molecular formula is C41H40O6. The molecule has 0 saturated carbocycles. The molecule has 0 bridgehead atoms. The molecular weight excluding hydrogens is 588 g/mol. The van der Waals surface area contributed by atoms with Crippen molar-refractivity contribution < 1.29 is 30.0 Å². The first kappa shape index (κ1) is 34.3. The van der Waals surface area contributed by atoms with Crippen molar-refractivity contribution >= 4 is 17.6 Å². The number of allylic oxidation sites excluding steroid dienone is 9. The zero-order valence-corrected chi connectivity index (χ0v) is 26.9. The van der Waals surface area contributed by atoms with Gasteiger partial charge < -0.3 is 20.4 Å².